The molecule has 0 radical (unpaired) electrons. The normalized spacial score (nSPS) is 10.1. The number of rotatable bonds is 4. The number of carbonyl (C=O) groups is 3. The van der Waals surface area contributed by atoms with Crippen LogP contribution in [-0.4, -0.2) is 17.7 Å². The van der Waals surface area contributed by atoms with Crippen LogP contribution in [0.4, 0.5) is 11.4 Å². The van der Waals surface area contributed by atoms with E-state index in [1.54, 1.807) is 12.1 Å². The van der Waals surface area contributed by atoms with Crippen LogP contribution in [0, 0.1) is 0 Å². The molecule has 0 spiro atoms. The van der Waals surface area contributed by atoms with Gasteiger partial charge in [0.15, 0.2) is 0 Å². The maximum absolute atomic E-state index is 12.2. The van der Waals surface area contributed by atoms with Gasteiger partial charge in [0, 0.05) is 21.0 Å². The molecule has 0 saturated heterocycles. The molecule has 4 N–H and O–H groups in total. The lowest BCUT2D eigenvalue weighted by molar-refractivity contribution is -0.135. The molecule has 0 fully saturated rings. The number of nitrogen functional groups attached to an aromatic ring is 1. The molecule has 0 aliphatic heterocycles. The summed E-state index contributed by atoms with van der Waals surface area (Å²) in [6.45, 7) is 0. The number of hydrogen-bond donors (Lipinski definition) is 3. The number of nitrogens with one attached hydrogen (secondary N) is 2. The van der Waals surface area contributed by atoms with Crippen molar-refractivity contribution in [2.75, 3.05) is 11.1 Å². The Morgan fingerprint density at radius 3 is 2.11 bits per heavy atom. The second-order valence-electron chi connectivity index (χ2n) is 5.77. The maximum atomic E-state index is 12.2. The predicted octanol–water partition coefficient (Wildman–Crippen LogP) is 3.32. The SMILES string of the molecule is Nc1ccc(C(=O)NC(=O)C(=O)Nc2ccccc2Sc2ccccc2)cc1. The monoisotopic (exact) mass is 391 g/mol. The van der Waals surface area contributed by atoms with Gasteiger partial charge in [-0.05, 0) is 48.5 Å². The largest absolute Gasteiger partial charge is 0.399 e. The van der Waals surface area contributed by atoms with Gasteiger partial charge >= 0.3 is 11.8 Å². The molecule has 0 aliphatic carbocycles. The first kappa shape index (κ1) is 19.2. The van der Waals surface area contributed by atoms with Crippen molar-refractivity contribution in [3.63, 3.8) is 0 Å². The third-order valence-corrected chi connectivity index (χ3v) is 4.80. The third kappa shape index (κ3) is 4.99. The standard InChI is InChI=1S/C21H17N3O3S/c22-15-12-10-14(11-13-15)19(25)24-21(27)20(26)23-17-8-4-5-9-18(17)28-16-6-2-1-3-7-16/h1-13H,22H2,(H,23,26)(H,24,25,27). The summed E-state index contributed by atoms with van der Waals surface area (Å²) >= 11 is 1.45. The topological polar surface area (TPSA) is 101 Å². The van der Waals surface area contributed by atoms with Crippen LogP contribution < -0.4 is 16.4 Å². The molecule has 3 rings (SSSR count). The van der Waals surface area contributed by atoms with E-state index in [-0.39, 0.29) is 5.56 Å². The highest BCUT2D eigenvalue weighted by Gasteiger charge is 2.19. The number of carbonyl (C=O) groups excluding carboxylic acids is 3. The smallest absolute Gasteiger partial charge is 0.316 e. The summed E-state index contributed by atoms with van der Waals surface area (Å²) in [7, 11) is 0. The minimum atomic E-state index is -1.04. The Hall–Kier alpha value is -3.58. The number of para-hydroxylation sites is 1. The molecule has 140 valence electrons. The Labute approximate surface area is 166 Å². The Bertz CT molecular complexity index is 1000. The quantitative estimate of drug-likeness (QED) is 0.468. The Morgan fingerprint density at radius 1 is 0.750 bits per heavy atom. The van der Waals surface area contributed by atoms with Gasteiger partial charge in [0.05, 0.1) is 5.69 Å². The number of amides is 3. The van der Waals surface area contributed by atoms with E-state index < -0.39 is 17.7 Å². The van der Waals surface area contributed by atoms with Gasteiger partial charge in [-0.2, -0.15) is 0 Å². The molecule has 0 heterocycles. The third-order valence-electron chi connectivity index (χ3n) is 3.71. The summed E-state index contributed by atoms with van der Waals surface area (Å²) in [6, 6.07) is 22.8. The van der Waals surface area contributed by atoms with Crippen LogP contribution in [0.1, 0.15) is 10.4 Å². The second kappa shape index (κ2) is 8.88. The molecule has 0 aliphatic rings. The van der Waals surface area contributed by atoms with Crippen LogP contribution in [0.2, 0.25) is 0 Å². The van der Waals surface area contributed by atoms with E-state index in [0.717, 1.165) is 9.79 Å². The number of hydrogen-bond acceptors (Lipinski definition) is 5. The van der Waals surface area contributed by atoms with Crippen LogP contribution in [0.25, 0.3) is 0 Å². The van der Waals surface area contributed by atoms with Crippen molar-refractivity contribution in [1.82, 2.24) is 5.32 Å². The molecular formula is C21H17N3O3S. The van der Waals surface area contributed by atoms with Crippen LogP contribution in [0.15, 0.2) is 88.7 Å². The maximum Gasteiger partial charge on any atom is 0.316 e. The van der Waals surface area contributed by atoms with Crippen molar-refractivity contribution in [3.05, 3.63) is 84.4 Å². The van der Waals surface area contributed by atoms with Gasteiger partial charge in [0.25, 0.3) is 5.91 Å². The lowest BCUT2D eigenvalue weighted by Gasteiger charge is -2.10. The highest BCUT2D eigenvalue weighted by atomic mass is 32.2. The van der Waals surface area contributed by atoms with E-state index in [2.05, 4.69) is 10.6 Å². The minimum absolute atomic E-state index is 0.232. The predicted molar refractivity (Wildman–Crippen MR) is 109 cm³/mol. The van der Waals surface area contributed by atoms with Crippen LogP contribution in [0.5, 0.6) is 0 Å². The summed E-state index contributed by atoms with van der Waals surface area (Å²) in [4.78, 5) is 38.2. The first-order valence-corrected chi connectivity index (χ1v) is 9.19. The lowest BCUT2D eigenvalue weighted by atomic mass is 10.2. The van der Waals surface area contributed by atoms with Crippen molar-refractivity contribution in [1.29, 1.82) is 0 Å². The molecule has 0 bridgehead atoms. The van der Waals surface area contributed by atoms with Crippen molar-refractivity contribution in [2.45, 2.75) is 9.79 Å². The van der Waals surface area contributed by atoms with Crippen LogP contribution >= 0.6 is 11.8 Å². The summed E-state index contributed by atoms with van der Waals surface area (Å²) < 4.78 is 0. The Kier molecular flexibility index (Phi) is 6.08. The van der Waals surface area contributed by atoms with E-state index in [4.69, 9.17) is 5.73 Å². The molecule has 0 saturated carbocycles. The average molecular weight is 391 g/mol. The van der Waals surface area contributed by atoms with Gasteiger partial charge < -0.3 is 11.1 Å². The van der Waals surface area contributed by atoms with Gasteiger partial charge in [-0.1, -0.05) is 42.1 Å². The number of nitrogens with two attached hydrogens (primary N) is 1. The van der Waals surface area contributed by atoms with E-state index in [1.165, 1.54) is 36.0 Å². The van der Waals surface area contributed by atoms with Crippen LogP contribution in [0.3, 0.4) is 0 Å². The first-order valence-electron chi connectivity index (χ1n) is 8.37. The van der Waals surface area contributed by atoms with E-state index >= 15 is 0 Å². The zero-order valence-corrected chi connectivity index (χ0v) is 15.5. The van der Waals surface area contributed by atoms with Crippen molar-refractivity contribution in [2.24, 2.45) is 0 Å². The van der Waals surface area contributed by atoms with Gasteiger partial charge in [-0.15, -0.1) is 0 Å². The minimum Gasteiger partial charge on any atom is -0.399 e. The summed E-state index contributed by atoms with van der Waals surface area (Å²) in [6.07, 6.45) is 0. The van der Waals surface area contributed by atoms with E-state index in [0.29, 0.717) is 11.4 Å². The number of imide groups is 1. The molecule has 6 nitrogen and oxygen atoms in total. The molecule has 28 heavy (non-hydrogen) atoms. The van der Waals surface area contributed by atoms with E-state index in [9.17, 15) is 14.4 Å². The zero-order chi connectivity index (χ0) is 19.9. The zero-order valence-electron chi connectivity index (χ0n) is 14.7. The molecule has 3 amide bonds. The molecule has 3 aromatic carbocycles. The fraction of sp³-hybridized carbons (Fsp3) is 0. The summed E-state index contributed by atoms with van der Waals surface area (Å²) in [5, 5.41) is 4.62. The van der Waals surface area contributed by atoms with Gasteiger partial charge in [-0.3, -0.25) is 19.7 Å². The summed E-state index contributed by atoms with van der Waals surface area (Å²) in [5.41, 5.74) is 6.78. The Morgan fingerprint density at radius 2 is 1.39 bits per heavy atom. The van der Waals surface area contributed by atoms with E-state index in [1.807, 2.05) is 42.5 Å². The van der Waals surface area contributed by atoms with Crippen molar-refractivity contribution >= 4 is 40.9 Å². The van der Waals surface area contributed by atoms with Crippen LogP contribution in [-0.2, 0) is 9.59 Å². The van der Waals surface area contributed by atoms with Gasteiger partial charge in [-0.25, -0.2) is 0 Å². The average Bonchev–Trinajstić information content (AvgIpc) is 2.70. The fourth-order valence-electron chi connectivity index (χ4n) is 2.32. The molecular weight excluding hydrogens is 374 g/mol. The number of benzene rings is 3. The molecule has 3 aromatic rings. The Balaban J connectivity index is 1.66. The lowest BCUT2D eigenvalue weighted by Crippen LogP contribution is -2.39. The van der Waals surface area contributed by atoms with Crippen molar-refractivity contribution < 1.29 is 14.4 Å². The highest BCUT2D eigenvalue weighted by Crippen LogP contribution is 2.33. The van der Waals surface area contributed by atoms with Gasteiger partial charge in [0.2, 0.25) is 0 Å². The highest BCUT2D eigenvalue weighted by molar-refractivity contribution is 7.99. The first-order chi connectivity index (χ1) is 13.5. The molecule has 0 unspecified atom stereocenters. The molecule has 0 atom stereocenters. The summed E-state index contributed by atoms with van der Waals surface area (Å²) in [5.74, 6) is -2.64. The second-order valence-corrected chi connectivity index (χ2v) is 6.89. The van der Waals surface area contributed by atoms with Gasteiger partial charge in [0.1, 0.15) is 0 Å². The van der Waals surface area contributed by atoms with Crippen molar-refractivity contribution in [3.8, 4) is 0 Å². The fourth-order valence-corrected chi connectivity index (χ4v) is 3.24. The molecule has 0 aromatic heterocycles. The number of anilines is 2. The molecule has 7 heteroatoms.